The number of hydrogen-bond acceptors (Lipinski definition) is 4. The molecule has 110 valence electrons. The fraction of sp³-hybridized carbons (Fsp3) is 0.533. The van der Waals surface area contributed by atoms with Gasteiger partial charge in [0.1, 0.15) is 0 Å². The zero-order valence-electron chi connectivity index (χ0n) is 12.2. The third-order valence-electron chi connectivity index (χ3n) is 3.71. The summed E-state index contributed by atoms with van der Waals surface area (Å²) in [5, 5.41) is 2.95. The van der Waals surface area contributed by atoms with Crippen molar-refractivity contribution in [2.45, 2.75) is 25.8 Å². The van der Waals surface area contributed by atoms with Crippen molar-refractivity contribution in [3.63, 3.8) is 0 Å². The SMILES string of the molecule is COc1ccc(CNC(=O)C2CCC2)c(OC)c1OC. The summed E-state index contributed by atoms with van der Waals surface area (Å²) in [6, 6.07) is 3.69. The molecular formula is C15H21NO4. The maximum Gasteiger partial charge on any atom is 0.223 e. The first kappa shape index (κ1) is 14.5. The number of hydrogen-bond donors (Lipinski definition) is 1. The molecule has 1 fully saturated rings. The molecule has 0 heterocycles. The van der Waals surface area contributed by atoms with E-state index in [4.69, 9.17) is 14.2 Å². The highest BCUT2D eigenvalue weighted by atomic mass is 16.5. The number of rotatable bonds is 6. The van der Waals surface area contributed by atoms with Gasteiger partial charge < -0.3 is 19.5 Å². The number of ether oxygens (including phenoxy) is 3. The van der Waals surface area contributed by atoms with Gasteiger partial charge in [0.2, 0.25) is 11.7 Å². The molecule has 1 N–H and O–H groups in total. The van der Waals surface area contributed by atoms with Crippen LogP contribution in [0.5, 0.6) is 17.2 Å². The van der Waals surface area contributed by atoms with E-state index in [1.54, 1.807) is 21.3 Å². The Bertz CT molecular complexity index is 483. The highest BCUT2D eigenvalue weighted by Gasteiger charge is 2.25. The van der Waals surface area contributed by atoms with Crippen LogP contribution in [0.3, 0.4) is 0 Å². The van der Waals surface area contributed by atoms with Crippen molar-refractivity contribution in [3.05, 3.63) is 17.7 Å². The summed E-state index contributed by atoms with van der Waals surface area (Å²) in [5.41, 5.74) is 0.873. The van der Waals surface area contributed by atoms with Crippen LogP contribution in [-0.4, -0.2) is 27.2 Å². The fourth-order valence-corrected chi connectivity index (χ4v) is 2.30. The molecule has 0 saturated heterocycles. The van der Waals surface area contributed by atoms with Crippen LogP contribution >= 0.6 is 0 Å². The van der Waals surface area contributed by atoms with E-state index in [2.05, 4.69) is 5.32 Å². The van der Waals surface area contributed by atoms with Gasteiger partial charge in [0, 0.05) is 18.0 Å². The van der Waals surface area contributed by atoms with E-state index in [1.165, 1.54) is 0 Å². The molecular weight excluding hydrogens is 258 g/mol. The first-order valence-corrected chi connectivity index (χ1v) is 6.76. The molecule has 1 aliphatic carbocycles. The third-order valence-corrected chi connectivity index (χ3v) is 3.71. The smallest absolute Gasteiger partial charge is 0.223 e. The quantitative estimate of drug-likeness (QED) is 0.866. The van der Waals surface area contributed by atoms with Gasteiger partial charge in [-0.1, -0.05) is 6.42 Å². The van der Waals surface area contributed by atoms with Crippen molar-refractivity contribution >= 4 is 5.91 Å². The van der Waals surface area contributed by atoms with Crippen LogP contribution in [0.15, 0.2) is 12.1 Å². The zero-order chi connectivity index (χ0) is 14.5. The van der Waals surface area contributed by atoms with Gasteiger partial charge in [-0.3, -0.25) is 4.79 Å². The Morgan fingerprint density at radius 1 is 1.15 bits per heavy atom. The highest BCUT2D eigenvalue weighted by molar-refractivity contribution is 5.79. The maximum absolute atomic E-state index is 11.9. The van der Waals surface area contributed by atoms with Crippen molar-refractivity contribution in [2.24, 2.45) is 5.92 Å². The summed E-state index contributed by atoms with van der Waals surface area (Å²) in [4.78, 5) is 11.9. The molecule has 0 bridgehead atoms. The number of benzene rings is 1. The summed E-state index contributed by atoms with van der Waals surface area (Å²) in [7, 11) is 4.72. The van der Waals surface area contributed by atoms with Gasteiger partial charge in [-0.2, -0.15) is 0 Å². The van der Waals surface area contributed by atoms with Crippen LogP contribution in [0.1, 0.15) is 24.8 Å². The molecule has 1 aliphatic rings. The molecule has 1 amide bonds. The number of amides is 1. The van der Waals surface area contributed by atoms with Crippen molar-refractivity contribution < 1.29 is 19.0 Å². The van der Waals surface area contributed by atoms with Crippen LogP contribution in [-0.2, 0) is 11.3 Å². The summed E-state index contributed by atoms with van der Waals surface area (Å²) >= 11 is 0. The normalized spacial score (nSPS) is 14.3. The van der Waals surface area contributed by atoms with Crippen LogP contribution < -0.4 is 19.5 Å². The second-order valence-corrected chi connectivity index (χ2v) is 4.84. The van der Waals surface area contributed by atoms with Crippen LogP contribution in [0.2, 0.25) is 0 Å². The van der Waals surface area contributed by atoms with E-state index in [0.717, 1.165) is 24.8 Å². The average molecular weight is 279 g/mol. The minimum absolute atomic E-state index is 0.119. The second-order valence-electron chi connectivity index (χ2n) is 4.84. The molecule has 0 radical (unpaired) electrons. The van der Waals surface area contributed by atoms with Gasteiger partial charge >= 0.3 is 0 Å². The van der Waals surface area contributed by atoms with Gasteiger partial charge in [-0.25, -0.2) is 0 Å². The Morgan fingerprint density at radius 3 is 2.35 bits per heavy atom. The lowest BCUT2D eigenvalue weighted by Gasteiger charge is -2.24. The minimum atomic E-state index is 0.119. The Labute approximate surface area is 119 Å². The van der Waals surface area contributed by atoms with Crippen LogP contribution in [0, 0.1) is 5.92 Å². The molecule has 5 nitrogen and oxygen atoms in total. The molecule has 1 aromatic carbocycles. The molecule has 0 unspecified atom stereocenters. The third kappa shape index (κ3) is 2.81. The van der Waals surface area contributed by atoms with E-state index in [0.29, 0.717) is 23.8 Å². The molecule has 0 spiro atoms. The van der Waals surface area contributed by atoms with Crippen LogP contribution in [0.25, 0.3) is 0 Å². The number of methoxy groups -OCH3 is 3. The summed E-state index contributed by atoms with van der Waals surface area (Å²) in [5.74, 6) is 2.05. The monoisotopic (exact) mass is 279 g/mol. The Balaban J connectivity index is 2.12. The standard InChI is InChI=1S/C15H21NO4/c1-18-12-8-7-11(13(19-2)14(12)20-3)9-16-15(17)10-5-4-6-10/h7-8,10H,4-6,9H2,1-3H3,(H,16,17). The summed E-state index contributed by atoms with van der Waals surface area (Å²) in [6.45, 7) is 0.429. The molecule has 20 heavy (non-hydrogen) atoms. The minimum Gasteiger partial charge on any atom is -0.493 e. The summed E-state index contributed by atoms with van der Waals surface area (Å²) in [6.07, 6.45) is 3.14. The van der Waals surface area contributed by atoms with Crippen molar-refractivity contribution in [1.82, 2.24) is 5.32 Å². The van der Waals surface area contributed by atoms with Crippen LogP contribution in [0.4, 0.5) is 0 Å². The van der Waals surface area contributed by atoms with Gasteiger partial charge in [-0.15, -0.1) is 0 Å². The first-order chi connectivity index (χ1) is 9.71. The largest absolute Gasteiger partial charge is 0.493 e. The Kier molecular flexibility index (Phi) is 4.71. The van der Waals surface area contributed by atoms with Crippen molar-refractivity contribution in [2.75, 3.05) is 21.3 Å². The maximum atomic E-state index is 11.9. The molecule has 5 heteroatoms. The Morgan fingerprint density at radius 2 is 1.85 bits per heavy atom. The number of carbonyl (C=O) groups is 1. The number of nitrogens with one attached hydrogen (secondary N) is 1. The molecule has 0 aliphatic heterocycles. The van der Waals surface area contributed by atoms with Gasteiger partial charge in [0.25, 0.3) is 0 Å². The molecule has 0 atom stereocenters. The van der Waals surface area contributed by atoms with E-state index in [-0.39, 0.29) is 11.8 Å². The predicted molar refractivity (Wildman–Crippen MR) is 75.3 cm³/mol. The molecule has 0 aromatic heterocycles. The predicted octanol–water partition coefficient (Wildman–Crippen LogP) is 2.13. The fourth-order valence-electron chi connectivity index (χ4n) is 2.30. The van der Waals surface area contributed by atoms with Crippen molar-refractivity contribution in [3.8, 4) is 17.2 Å². The van der Waals surface area contributed by atoms with Gasteiger partial charge in [-0.05, 0) is 25.0 Å². The van der Waals surface area contributed by atoms with Gasteiger partial charge in [0.05, 0.1) is 21.3 Å². The average Bonchev–Trinajstić information content (AvgIpc) is 2.41. The summed E-state index contributed by atoms with van der Waals surface area (Å²) < 4.78 is 15.9. The molecule has 1 aromatic rings. The van der Waals surface area contributed by atoms with E-state index in [1.807, 2.05) is 12.1 Å². The Hall–Kier alpha value is -1.91. The first-order valence-electron chi connectivity index (χ1n) is 6.76. The van der Waals surface area contributed by atoms with Crippen molar-refractivity contribution in [1.29, 1.82) is 0 Å². The molecule has 1 saturated carbocycles. The highest BCUT2D eigenvalue weighted by Crippen LogP contribution is 2.39. The second kappa shape index (κ2) is 6.50. The van der Waals surface area contributed by atoms with E-state index < -0.39 is 0 Å². The lowest BCUT2D eigenvalue weighted by molar-refractivity contribution is -0.127. The van der Waals surface area contributed by atoms with E-state index >= 15 is 0 Å². The lowest BCUT2D eigenvalue weighted by atomic mass is 9.85. The van der Waals surface area contributed by atoms with E-state index in [9.17, 15) is 4.79 Å². The topological polar surface area (TPSA) is 56.8 Å². The lowest BCUT2D eigenvalue weighted by Crippen LogP contribution is -2.34. The molecule has 2 rings (SSSR count). The zero-order valence-corrected chi connectivity index (χ0v) is 12.2. The van der Waals surface area contributed by atoms with Gasteiger partial charge in [0.15, 0.2) is 11.5 Å². The number of carbonyl (C=O) groups excluding carboxylic acids is 1.